The summed E-state index contributed by atoms with van der Waals surface area (Å²) >= 11 is 0. The van der Waals surface area contributed by atoms with E-state index >= 15 is 0 Å². The third kappa shape index (κ3) is 2.98. The number of hydrogen-bond donors (Lipinski definition) is 0. The second-order valence-corrected chi connectivity index (χ2v) is 6.40. The molecule has 0 aliphatic rings. The third-order valence-electron chi connectivity index (χ3n) is 3.44. The van der Waals surface area contributed by atoms with E-state index in [4.69, 9.17) is 13.7 Å². The summed E-state index contributed by atoms with van der Waals surface area (Å²) in [6, 6.07) is 13.2. The maximum atomic E-state index is 12.7. The Morgan fingerprint density at radius 2 is 1.71 bits per heavy atom. The minimum Gasteiger partial charge on any atom is -0.497 e. The highest BCUT2D eigenvalue weighted by Crippen LogP contribution is 2.32. The zero-order valence-corrected chi connectivity index (χ0v) is 13.9. The molecule has 0 atom stereocenters. The fourth-order valence-electron chi connectivity index (χ4n) is 2.29. The van der Waals surface area contributed by atoms with Crippen molar-refractivity contribution in [3.05, 3.63) is 54.7 Å². The molecule has 0 spiro atoms. The van der Waals surface area contributed by atoms with Crippen LogP contribution < -0.4 is 13.7 Å². The van der Waals surface area contributed by atoms with Gasteiger partial charge in [-0.25, -0.2) is 0 Å². The van der Waals surface area contributed by atoms with E-state index in [9.17, 15) is 8.42 Å². The second-order valence-electron chi connectivity index (χ2n) is 4.89. The van der Waals surface area contributed by atoms with Crippen LogP contribution in [0.15, 0.2) is 59.6 Å². The second kappa shape index (κ2) is 6.37. The van der Waals surface area contributed by atoms with E-state index < -0.39 is 10.1 Å². The normalized spacial score (nSPS) is 11.2. The van der Waals surface area contributed by atoms with E-state index in [0.29, 0.717) is 11.3 Å². The fraction of sp³-hybridized carbons (Fsp3) is 0.118. The number of hydrogen-bond acceptors (Lipinski definition) is 6. The van der Waals surface area contributed by atoms with Crippen LogP contribution in [0.4, 0.5) is 0 Å². The lowest BCUT2D eigenvalue weighted by Crippen LogP contribution is -2.12. The Kier molecular flexibility index (Phi) is 4.26. The first-order valence-corrected chi connectivity index (χ1v) is 8.46. The molecule has 0 aliphatic carbocycles. The van der Waals surface area contributed by atoms with E-state index in [1.807, 2.05) is 12.1 Å². The summed E-state index contributed by atoms with van der Waals surface area (Å²) in [4.78, 5) is 4.08. The number of ether oxygens (including phenoxy) is 2. The summed E-state index contributed by atoms with van der Waals surface area (Å²) in [6.07, 6.45) is 1.58. The Morgan fingerprint density at radius 1 is 0.917 bits per heavy atom. The molecule has 7 heteroatoms. The molecule has 6 nitrogen and oxygen atoms in total. The van der Waals surface area contributed by atoms with Crippen LogP contribution in [0.2, 0.25) is 0 Å². The van der Waals surface area contributed by atoms with Gasteiger partial charge >= 0.3 is 10.1 Å². The summed E-state index contributed by atoms with van der Waals surface area (Å²) in [6.45, 7) is 0. The van der Waals surface area contributed by atoms with Gasteiger partial charge in [-0.15, -0.1) is 0 Å². The Labute approximate surface area is 139 Å². The molecule has 0 aliphatic heterocycles. The SMILES string of the molecule is COc1ccc(OC)c(S(=O)(=O)Oc2cccc3cccnc23)c1. The van der Waals surface area contributed by atoms with Crippen LogP contribution in [0, 0.1) is 0 Å². The van der Waals surface area contributed by atoms with Gasteiger partial charge in [0, 0.05) is 17.6 Å². The molecule has 0 amide bonds. The molecule has 2 aromatic carbocycles. The Hall–Kier alpha value is -2.80. The first-order chi connectivity index (χ1) is 11.5. The number of nitrogens with zero attached hydrogens (tertiary/aromatic N) is 1. The van der Waals surface area contributed by atoms with Gasteiger partial charge in [0.05, 0.1) is 14.2 Å². The van der Waals surface area contributed by atoms with Gasteiger partial charge in [0.25, 0.3) is 0 Å². The van der Waals surface area contributed by atoms with Gasteiger partial charge in [-0.1, -0.05) is 18.2 Å². The van der Waals surface area contributed by atoms with Crippen LogP contribution in [0.25, 0.3) is 10.9 Å². The van der Waals surface area contributed by atoms with Crippen LogP contribution >= 0.6 is 0 Å². The van der Waals surface area contributed by atoms with Gasteiger partial charge in [0.1, 0.15) is 17.0 Å². The van der Waals surface area contributed by atoms with Gasteiger partial charge in [-0.3, -0.25) is 4.98 Å². The molecule has 24 heavy (non-hydrogen) atoms. The highest BCUT2D eigenvalue weighted by atomic mass is 32.2. The molecule has 3 aromatic rings. The zero-order valence-electron chi connectivity index (χ0n) is 13.1. The lowest BCUT2D eigenvalue weighted by atomic mass is 10.2. The average molecular weight is 345 g/mol. The highest BCUT2D eigenvalue weighted by Gasteiger charge is 2.24. The van der Waals surface area contributed by atoms with Crippen molar-refractivity contribution < 1.29 is 22.1 Å². The number of benzene rings is 2. The van der Waals surface area contributed by atoms with Crippen molar-refractivity contribution in [2.24, 2.45) is 0 Å². The number of fused-ring (bicyclic) bond motifs is 1. The van der Waals surface area contributed by atoms with Crippen molar-refractivity contribution in [1.29, 1.82) is 0 Å². The smallest absolute Gasteiger partial charge is 0.343 e. The first kappa shape index (κ1) is 16.1. The number of aromatic nitrogens is 1. The molecular formula is C17H15NO5S. The van der Waals surface area contributed by atoms with E-state index in [2.05, 4.69) is 4.98 Å². The molecule has 0 N–H and O–H groups in total. The lowest BCUT2D eigenvalue weighted by molar-refractivity contribution is 0.388. The van der Waals surface area contributed by atoms with Gasteiger partial charge < -0.3 is 13.7 Å². The van der Waals surface area contributed by atoms with Crippen molar-refractivity contribution in [3.63, 3.8) is 0 Å². The topological polar surface area (TPSA) is 74.7 Å². The summed E-state index contributed by atoms with van der Waals surface area (Å²) in [5.41, 5.74) is 0.463. The molecule has 0 saturated heterocycles. The van der Waals surface area contributed by atoms with E-state index in [-0.39, 0.29) is 16.4 Å². The maximum Gasteiger partial charge on any atom is 0.343 e. The Bertz CT molecular complexity index is 980. The molecule has 0 fully saturated rings. The van der Waals surface area contributed by atoms with Crippen LogP contribution in [-0.2, 0) is 10.1 Å². The molecule has 1 aromatic heterocycles. The maximum absolute atomic E-state index is 12.7. The summed E-state index contributed by atoms with van der Waals surface area (Å²) < 4.78 is 40.9. The summed E-state index contributed by atoms with van der Waals surface area (Å²) in [5, 5.41) is 0.780. The summed E-state index contributed by atoms with van der Waals surface area (Å²) in [7, 11) is -1.28. The van der Waals surface area contributed by atoms with Gasteiger partial charge in [-0.2, -0.15) is 8.42 Å². The predicted octanol–water partition coefficient (Wildman–Crippen LogP) is 3.02. The van der Waals surface area contributed by atoms with Crippen molar-refractivity contribution in [2.75, 3.05) is 14.2 Å². The molecule has 0 radical (unpaired) electrons. The third-order valence-corrected chi connectivity index (χ3v) is 4.69. The fourth-order valence-corrected chi connectivity index (χ4v) is 3.40. The van der Waals surface area contributed by atoms with Gasteiger partial charge in [0.15, 0.2) is 10.6 Å². The molecule has 0 saturated carbocycles. The standard InChI is InChI=1S/C17H15NO5S/c1-21-13-8-9-14(22-2)16(11-13)24(19,20)23-15-7-3-5-12-6-4-10-18-17(12)15/h3-11H,1-2H3. The number of methoxy groups -OCH3 is 2. The monoisotopic (exact) mass is 345 g/mol. The predicted molar refractivity (Wildman–Crippen MR) is 89.1 cm³/mol. The van der Waals surface area contributed by atoms with Crippen LogP contribution in [-0.4, -0.2) is 27.6 Å². The average Bonchev–Trinajstić information content (AvgIpc) is 2.61. The number of pyridine rings is 1. The van der Waals surface area contributed by atoms with E-state index in [0.717, 1.165) is 5.39 Å². The van der Waals surface area contributed by atoms with Crippen LogP contribution in [0.3, 0.4) is 0 Å². The molecule has 3 rings (SSSR count). The molecule has 0 unspecified atom stereocenters. The number of rotatable bonds is 5. The lowest BCUT2D eigenvalue weighted by Gasteiger charge is -2.12. The van der Waals surface area contributed by atoms with Crippen LogP contribution in [0.5, 0.6) is 17.2 Å². The molecule has 124 valence electrons. The summed E-state index contributed by atoms with van der Waals surface area (Å²) in [5.74, 6) is 0.705. The largest absolute Gasteiger partial charge is 0.497 e. The quantitative estimate of drug-likeness (QED) is 0.662. The minimum absolute atomic E-state index is 0.114. The Morgan fingerprint density at radius 3 is 2.46 bits per heavy atom. The minimum atomic E-state index is -4.13. The van der Waals surface area contributed by atoms with Gasteiger partial charge in [-0.05, 0) is 24.3 Å². The van der Waals surface area contributed by atoms with Crippen molar-refractivity contribution in [1.82, 2.24) is 4.98 Å². The van der Waals surface area contributed by atoms with E-state index in [1.54, 1.807) is 30.5 Å². The Balaban J connectivity index is 2.08. The van der Waals surface area contributed by atoms with Crippen molar-refractivity contribution in [3.8, 4) is 17.2 Å². The zero-order chi connectivity index (χ0) is 17.2. The first-order valence-electron chi connectivity index (χ1n) is 7.05. The van der Waals surface area contributed by atoms with Crippen molar-refractivity contribution in [2.45, 2.75) is 4.90 Å². The molecular weight excluding hydrogens is 330 g/mol. The molecule has 1 heterocycles. The van der Waals surface area contributed by atoms with E-state index in [1.165, 1.54) is 26.4 Å². The van der Waals surface area contributed by atoms with Gasteiger partial charge in [0.2, 0.25) is 0 Å². The number of para-hydroxylation sites is 1. The van der Waals surface area contributed by atoms with Crippen LogP contribution in [0.1, 0.15) is 0 Å². The molecule has 0 bridgehead atoms. The van der Waals surface area contributed by atoms with Crippen molar-refractivity contribution >= 4 is 21.0 Å². The highest BCUT2D eigenvalue weighted by molar-refractivity contribution is 7.87.